The van der Waals surface area contributed by atoms with Crippen LogP contribution in [0.4, 0.5) is 17.3 Å². The van der Waals surface area contributed by atoms with E-state index in [2.05, 4.69) is 27.2 Å². The molecule has 0 saturated carbocycles. The van der Waals surface area contributed by atoms with Crippen molar-refractivity contribution < 1.29 is 4.74 Å². The second-order valence-corrected chi connectivity index (χ2v) is 4.17. The van der Waals surface area contributed by atoms with Gasteiger partial charge in [0.25, 0.3) is 0 Å². The fourth-order valence-electron chi connectivity index (χ4n) is 1.86. The minimum atomic E-state index is 0.254. The number of hydrogen-bond donors (Lipinski definition) is 3. The molecule has 1 aromatic heterocycles. The summed E-state index contributed by atoms with van der Waals surface area (Å²) in [6, 6.07) is 0. The average molecular weight is 249 g/mol. The van der Waals surface area contributed by atoms with Crippen LogP contribution in [-0.4, -0.2) is 35.8 Å². The predicted octanol–water partition coefficient (Wildman–Crippen LogP) is 1.25. The summed E-state index contributed by atoms with van der Waals surface area (Å²) in [6.45, 7) is 5.82. The van der Waals surface area contributed by atoms with E-state index in [1.165, 1.54) is 6.33 Å². The molecule has 0 bridgehead atoms. The maximum absolute atomic E-state index is 5.98. The SMILES string of the molecule is C=CCNc1ncnc(NCC2CCCO2)c1N. The van der Waals surface area contributed by atoms with Crippen LogP contribution in [0, 0.1) is 0 Å². The van der Waals surface area contributed by atoms with Crippen LogP contribution < -0.4 is 16.4 Å². The highest BCUT2D eigenvalue weighted by Crippen LogP contribution is 2.22. The monoisotopic (exact) mass is 249 g/mol. The van der Waals surface area contributed by atoms with Gasteiger partial charge in [-0.15, -0.1) is 6.58 Å². The summed E-state index contributed by atoms with van der Waals surface area (Å²) >= 11 is 0. The molecule has 2 heterocycles. The molecule has 0 aliphatic carbocycles. The van der Waals surface area contributed by atoms with Crippen molar-refractivity contribution in [3.63, 3.8) is 0 Å². The molecule has 6 nitrogen and oxygen atoms in total. The lowest BCUT2D eigenvalue weighted by molar-refractivity contribution is 0.120. The molecule has 1 aromatic rings. The van der Waals surface area contributed by atoms with Crippen molar-refractivity contribution in [2.45, 2.75) is 18.9 Å². The molecule has 1 unspecified atom stereocenters. The number of nitrogens with one attached hydrogen (secondary N) is 2. The van der Waals surface area contributed by atoms with Crippen molar-refractivity contribution in [1.29, 1.82) is 0 Å². The van der Waals surface area contributed by atoms with Gasteiger partial charge in [0, 0.05) is 19.7 Å². The number of rotatable bonds is 6. The summed E-state index contributed by atoms with van der Waals surface area (Å²) in [6.07, 6.45) is 5.70. The van der Waals surface area contributed by atoms with E-state index in [9.17, 15) is 0 Å². The molecule has 18 heavy (non-hydrogen) atoms. The largest absolute Gasteiger partial charge is 0.393 e. The molecule has 0 spiro atoms. The zero-order chi connectivity index (χ0) is 12.8. The predicted molar refractivity (Wildman–Crippen MR) is 72.6 cm³/mol. The Bertz CT molecular complexity index is 403. The lowest BCUT2D eigenvalue weighted by Crippen LogP contribution is -2.20. The Morgan fingerprint density at radius 1 is 1.44 bits per heavy atom. The van der Waals surface area contributed by atoms with Gasteiger partial charge in [-0.25, -0.2) is 9.97 Å². The fourth-order valence-corrected chi connectivity index (χ4v) is 1.86. The number of anilines is 3. The Kier molecular flexibility index (Phi) is 4.35. The Labute approximate surface area is 107 Å². The standard InChI is InChI=1S/C12H19N5O/c1-2-5-14-11-10(13)12(17-8-16-11)15-7-9-4-3-6-18-9/h2,8-9H,1,3-7,13H2,(H2,14,15,16,17). The van der Waals surface area contributed by atoms with Crippen molar-refractivity contribution in [3.8, 4) is 0 Å². The van der Waals surface area contributed by atoms with E-state index < -0.39 is 0 Å². The first-order valence-corrected chi connectivity index (χ1v) is 6.12. The molecule has 1 aliphatic heterocycles. The second-order valence-electron chi connectivity index (χ2n) is 4.17. The summed E-state index contributed by atoms with van der Waals surface area (Å²) < 4.78 is 5.53. The molecule has 1 aliphatic rings. The lowest BCUT2D eigenvalue weighted by Gasteiger charge is -2.14. The minimum Gasteiger partial charge on any atom is -0.393 e. The summed E-state index contributed by atoms with van der Waals surface area (Å²) in [7, 11) is 0. The lowest BCUT2D eigenvalue weighted by atomic mass is 10.2. The molecular weight excluding hydrogens is 230 g/mol. The Balaban J connectivity index is 1.96. The smallest absolute Gasteiger partial charge is 0.155 e. The Morgan fingerprint density at radius 2 is 2.22 bits per heavy atom. The number of nitrogens with zero attached hydrogens (tertiary/aromatic N) is 2. The van der Waals surface area contributed by atoms with Crippen molar-refractivity contribution in [3.05, 3.63) is 19.0 Å². The maximum Gasteiger partial charge on any atom is 0.155 e. The van der Waals surface area contributed by atoms with Crippen molar-refractivity contribution in [2.24, 2.45) is 0 Å². The number of aromatic nitrogens is 2. The Hall–Kier alpha value is -1.82. The molecule has 1 atom stereocenters. The first-order chi connectivity index (χ1) is 8.81. The molecule has 1 fully saturated rings. The van der Waals surface area contributed by atoms with Gasteiger partial charge in [-0.2, -0.15) is 0 Å². The van der Waals surface area contributed by atoms with Crippen LogP contribution in [0.15, 0.2) is 19.0 Å². The second kappa shape index (κ2) is 6.20. The van der Waals surface area contributed by atoms with Crippen molar-refractivity contribution >= 4 is 17.3 Å². The fraction of sp³-hybridized carbons (Fsp3) is 0.500. The third-order valence-electron chi connectivity index (χ3n) is 2.82. The summed E-state index contributed by atoms with van der Waals surface area (Å²) in [5.74, 6) is 1.27. The summed E-state index contributed by atoms with van der Waals surface area (Å²) in [4.78, 5) is 8.23. The average Bonchev–Trinajstić information content (AvgIpc) is 2.89. The molecule has 0 aromatic carbocycles. The third kappa shape index (κ3) is 3.10. The molecule has 4 N–H and O–H groups in total. The van der Waals surface area contributed by atoms with E-state index in [1.54, 1.807) is 6.08 Å². The molecule has 0 radical (unpaired) electrons. The highest BCUT2D eigenvalue weighted by atomic mass is 16.5. The zero-order valence-corrected chi connectivity index (χ0v) is 10.4. The maximum atomic E-state index is 5.98. The van der Waals surface area contributed by atoms with E-state index in [-0.39, 0.29) is 6.10 Å². The van der Waals surface area contributed by atoms with E-state index >= 15 is 0 Å². The van der Waals surface area contributed by atoms with Crippen LogP contribution in [0.2, 0.25) is 0 Å². The van der Waals surface area contributed by atoms with Gasteiger partial charge in [-0.1, -0.05) is 6.08 Å². The van der Waals surface area contributed by atoms with Crippen LogP contribution in [0.1, 0.15) is 12.8 Å². The highest BCUT2D eigenvalue weighted by Gasteiger charge is 2.16. The first kappa shape index (κ1) is 12.6. The minimum absolute atomic E-state index is 0.254. The van der Waals surface area contributed by atoms with Gasteiger partial charge in [0.15, 0.2) is 11.6 Å². The van der Waals surface area contributed by atoms with Gasteiger partial charge < -0.3 is 21.1 Å². The van der Waals surface area contributed by atoms with Crippen LogP contribution in [0.3, 0.4) is 0 Å². The van der Waals surface area contributed by atoms with E-state index in [1.807, 2.05) is 0 Å². The van der Waals surface area contributed by atoms with E-state index in [0.717, 1.165) is 26.0 Å². The normalized spacial score (nSPS) is 18.6. The van der Waals surface area contributed by atoms with Gasteiger partial charge in [-0.05, 0) is 12.8 Å². The molecule has 1 saturated heterocycles. The molecule has 0 amide bonds. The van der Waals surface area contributed by atoms with E-state index in [0.29, 0.717) is 23.9 Å². The third-order valence-corrected chi connectivity index (χ3v) is 2.82. The van der Waals surface area contributed by atoms with Gasteiger partial charge in [0.1, 0.15) is 12.0 Å². The topological polar surface area (TPSA) is 85.1 Å². The van der Waals surface area contributed by atoms with Gasteiger partial charge in [0.05, 0.1) is 6.10 Å². The van der Waals surface area contributed by atoms with Gasteiger partial charge >= 0.3 is 0 Å². The van der Waals surface area contributed by atoms with Crippen molar-refractivity contribution in [2.75, 3.05) is 36.1 Å². The quantitative estimate of drug-likeness (QED) is 0.658. The molecular formula is C12H19N5O. The number of nitrogens with two attached hydrogens (primary N) is 1. The number of hydrogen-bond acceptors (Lipinski definition) is 6. The number of nitrogen functional groups attached to an aromatic ring is 1. The van der Waals surface area contributed by atoms with Crippen molar-refractivity contribution in [1.82, 2.24) is 9.97 Å². The van der Waals surface area contributed by atoms with Crippen LogP contribution in [0.25, 0.3) is 0 Å². The van der Waals surface area contributed by atoms with Crippen LogP contribution in [0.5, 0.6) is 0 Å². The first-order valence-electron chi connectivity index (χ1n) is 6.12. The highest BCUT2D eigenvalue weighted by molar-refractivity contribution is 5.74. The summed E-state index contributed by atoms with van der Waals surface area (Å²) in [5, 5.41) is 6.27. The summed E-state index contributed by atoms with van der Waals surface area (Å²) in [5.41, 5.74) is 6.51. The van der Waals surface area contributed by atoms with E-state index in [4.69, 9.17) is 10.5 Å². The van der Waals surface area contributed by atoms with Gasteiger partial charge in [0.2, 0.25) is 0 Å². The molecule has 6 heteroatoms. The zero-order valence-electron chi connectivity index (χ0n) is 10.4. The van der Waals surface area contributed by atoms with Crippen LogP contribution >= 0.6 is 0 Å². The van der Waals surface area contributed by atoms with Gasteiger partial charge in [-0.3, -0.25) is 0 Å². The molecule has 98 valence electrons. The molecule has 2 rings (SSSR count). The number of ether oxygens (including phenoxy) is 1. The van der Waals surface area contributed by atoms with Crippen LogP contribution in [-0.2, 0) is 4.74 Å². The Morgan fingerprint density at radius 3 is 2.89 bits per heavy atom.